The molecule has 0 spiro atoms. The summed E-state index contributed by atoms with van der Waals surface area (Å²) in [6.45, 7) is 2.00. The highest BCUT2D eigenvalue weighted by molar-refractivity contribution is 5.94. The fourth-order valence-corrected chi connectivity index (χ4v) is 3.56. The van der Waals surface area contributed by atoms with Crippen LogP contribution in [0.2, 0.25) is 0 Å². The van der Waals surface area contributed by atoms with Crippen LogP contribution in [0.4, 0.5) is 14.5 Å². The normalized spacial score (nSPS) is 14.1. The molecular formula is C25H23F2N3O3. The number of hydrogen-bond donors (Lipinski definition) is 1. The van der Waals surface area contributed by atoms with Crippen LogP contribution in [0.15, 0.2) is 72.8 Å². The lowest BCUT2D eigenvalue weighted by Gasteiger charge is -2.34. The van der Waals surface area contributed by atoms with Gasteiger partial charge in [-0.1, -0.05) is 18.2 Å². The molecule has 0 atom stereocenters. The lowest BCUT2D eigenvalue weighted by atomic mass is 10.1. The maximum absolute atomic E-state index is 13.4. The average molecular weight is 451 g/mol. The largest absolute Gasteiger partial charge is 0.457 e. The summed E-state index contributed by atoms with van der Waals surface area (Å²) < 4.78 is 32.2. The number of carbonyl (C=O) groups is 2. The monoisotopic (exact) mass is 451 g/mol. The van der Waals surface area contributed by atoms with E-state index in [1.807, 2.05) is 35.2 Å². The van der Waals surface area contributed by atoms with Gasteiger partial charge < -0.3 is 15.0 Å². The van der Waals surface area contributed by atoms with E-state index in [2.05, 4.69) is 5.32 Å². The highest BCUT2D eigenvalue weighted by Crippen LogP contribution is 2.22. The second kappa shape index (κ2) is 10.2. The molecule has 170 valence electrons. The molecule has 1 N–H and O–H groups in total. The van der Waals surface area contributed by atoms with E-state index in [1.165, 1.54) is 6.07 Å². The molecule has 2 amide bonds. The number of piperazine rings is 1. The number of nitrogens with one attached hydrogen (secondary N) is 1. The van der Waals surface area contributed by atoms with Crippen LogP contribution in [0.1, 0.15) is 10.4 Å². The van der Waals surface area contributed by atoms with Crippen molar-refractivity contribution in [2.45, 2.75) is 0 Å². The van der Waals surface area contributed by atoms with E-state index < -0.39 is 11.6 Å². The maximum Gasteiger partial charge on any atom is 0.254 e. The van der Waals surface area contributed by atoms with Crippen molar-refractivity contribution in [3.63, 3.8) is 0 Å². The fourth-order valence-electron chi connectivity index (χ4n) is 3.56. The Morgan fingerprint density at radius 3 is 2.15 bits per heavy atom. The van der Waals surface area contributed by atoms with Gasteiger partial charge >= 0.3 is 0 Å². The molecule has 1 aliphatic rings. The van der Waals surface area contributed by atoms with Crippen molar-refractivity contribution in [1.29, 1.82) is 0 Å². The topological polar surface area (TPSA) is 61.9 Å². The lowest BCUT2D eigenvalue weighted by Crippen LogP contribution is -2.50. The Labute approximate surface area is 190 Å². The Balaban J connectivity index is 1.23. The smallest absolute Gasteiger partial charge is 0.254 e. The van der Waals surface area contributed by atoms with Crippen molar-refractivity contribution >= 4 is 17.5 Å². The summed E-state index contributed by atoms with van der Waals surface area (Å²) in [5, 5.41) is 2.86. The zero-order valence-electron chi connectivity index (χ0n) is 17.8. The molecule has 0 aromatic heterocycles. The molecule has 33 heavy (non-hydrogen) atoms. The highest BCUT2D eigenvalue weighted by atomic mass is 19.2. The van der Waals surface area contributed by atoms with Gasteiger partial charge in [0, 0.05) is 37.4 Å². The van der Waals surface area contributed by atoms with Crippen LogP contribution in [0.3, 0.4) is 0 Å². The molecule has 3 aromatic carbocycles. The molecule has 1 saturated heterocycles. The minimum Gasteiger partial charge on any atom is -0.457 e. The molecule has 8 heteroatoms. The number of anilines is 1. The van der Waals surface area contributed by atoms with E-state index in [0.717, 1.165) is 17.9 Å². The molecule has 1 aliphatic heterocycles. The Hall–Kier alpha value is -3.78. The Morgan fingerprint density at radius 2 is 1.48 bits per heavy atom. The van der Waals surface area contributed by atoms with Gasteiger partial charge in [-0.25, -0.2) is 8.78 Å². The van der Waals surface area contributed by atoms with Gasteiger partial charge in [-0.05, 0) is 54.6 Å². The number of ether oxygens (including phenoxy) is 1. The number of rotatable bonds is 6. The van der Waals surface area contributed by atoms with Gasteiger partial charge in [-0.2, -0.15) is 0 Å². The van der Waals surface area contributed by atoms with Crippen LogP contribution in [-0.2, 0) is 4.79 Å². The summed E-state index contributed by atoms with van der Waals surface area (Å²) in [5.74, 6) is -1.14. The number of benzene rings is 3. The highest BCUT2D eigenvalue weighted by Gasteiger charge is 2.24. The third kappa shape index (κ3) is 5.93. The van der Waals surface area contributed by atoms with Crippen molar-refractivity contribution in [2.24, 2.45) is 0 Å². The van der Waals surface area contributed by atoms with Gasteiger partial charge in [0.25, 0.3) is 5.91 Å². The predicted octanol–water partition coefficient (Wildman–Crippen LogP) is 4.15. The van der Waals surface area contributed by atoms with Crippen LogP contribution < -0.4 is 10.1 Å². The molecule has 4 rings (SSSR count). The average Bonchev–Trinajstić information content (AvgIpc) is 2.83. The van der Waals surface area contributed by atoms with E-state index in [9.17, 15) is 18.4 Å². The van der Waals surface area contributed by atoms with E-state index in [1.54, 1.807) is 29.2 Å². The molecule has 0 bridgehead atoms. The van der Waals surface area contributed by atoms with Crippen LogP contribution >= 0.6 is 0 Å². The summed E-state index contributed by atoms with van der Waals surface area (Å²) in [6, 6.07) is 19.7. The van der Waals surface area contributed by atoms with Crippen molar-refractivity contribution in [3.8, 4) is 11.5 Å². The van der Waals surface area contributed by atoms with Crippen molar-refractivity contribution in [2.75, 3.05) is 38.0 Å². The van der Waals surface area contributed by atoms with Gasteiger partial charge in [0.2, 0.25) is 5.91 Å². The maximum atomic E-state index is 13.4. The quantitative estimate of drug-likeness (QED) is 0.612. The van der Waals surface area contributed by atoms with Gasteiger partial charge in [-0.3, -0.25) is 14.5 Å². The molecule has 0 saturated carbocycles. The SMILES string of the molecule is O=C(CN1CCN(C(=O)c2ccc(F)c(F)c2)CC1)Nc1ccc(Oc2ccccc2)cc1. The number of halogens is 2. The standard InChI is InChI=1S/C25H23F2N3O3/c26-22-11-6-18(16-23(22)27)25(32)30-14-12-29(13-15-30)17-24(31)28-19-7-9-21(10-8-19)33-20-4-2-1-3-5-20/h1-11,16H,12-15,17H2,(H,28,31). The third-order valence-electron chi connectivity index (χ3n) is 5.31. The van der Waals surface area contributed by atoms with E-state index >= 15 is 0 Å². The Morgan fingerprint density at radius 1 is 0.818 bits per heavy atom. The summed E-state index contributed by atoms with van der Waals surface area (Å²) in [5.41, 5.74) is 0.771. The molecular weight excluding hydrogens is 428 g/mol. The summed E-state index contributed by atoms with van der Waals surface area (Å²) in [4.78, 5) is 28.4. The molecule has 3 aromatic rings. The zero-order valence-corrected chi connectivity index (χ0v) is 17.8. The van der Waals surface area contributed by atoms with Crippen molar-refractivity contribution < 1.29 is 23.1 Å². The van der Waals surface area contributed by atoms with Gasteiger partial charge in [0.05, 0.1) is 6.54 Å². The lowest BCUT2D eigenvalue weighted by molar-refractivity contribution is -0.117. The second-order valence-electron chi connectivity index (χ2n) is 7.68. The predicted molar refractivity (Wildman–Crippen MR) is 120 cm³/mol. The molecule has 1 fully saturated rings. The Bertz CT molecular complexity index is 1120. The second-order valence-corrected chi connectivity index (χ2v) is 7.68. The van der Waals surface area contributed by atoms with Crippen LogP contribution in [0.5, 0.6) is 11.5 Å². The van der Waals surface area contributed by atoms with Crippen LogP contribution in [-0.4, -0.2) is 54.3 Å². The van der Waals surface area contributed by atoms with Crippen molar-refractivity contribution in [3.05, 3.63) is 90.0 Å². The zero-order chi connectivity index (χ0) is 23.2. The number of para-hydroxylation sites is 1. The Kier molecular flexibility index (Phi) is 6.95. The summed E-state index contributed by atoms with van der Waals surface area (Å²) in [7, 11) is 0. The third-order valence-corrected chi connectivity index (χ3v) is 5.31. The van der Waals surface area contributed by atoms with E-state index in [0.29, 0.717) is 37.6 Å². The minimum atomic E-state index is -1.05. The van der Waals surface area contributed by atoms with Crippen LogP contribution in [0.25, 0.3) is 0 Å². The number of amides is 2. The molecule has 1 heterocycles. The first-order valence-electron chi connectivity index (χ1n) is 10.6. The van der Waals surface area contributed by atoms with Gasteiger partial charge in [0.1, 0.15) is 11.5 Å². The first kappa shape index (κ1) is 22.4. The molecule has 0 aliphatic carbocycles. The van der Waals surface area contributed by atoms with E-state index in [4.69, 9.17) is 4.74 Å². The summed E-state index contributed by atoms with van der Waals surface area (Å²) >= 11 is 0. The number of carbonyl (C=O) groups excluding carboxylic acids is 2. The fraction of sp³-hybridized carbons (Fsp3) is 0.200. The molecule has 6 nitrogen and oxygen atoms in total. The van der Waals surface area contributed by atoms with Gasteiger partial charge in [-0.15, -0.1) is 0 Å². The summed E-state index contributed by atoms with van der Waals surface area (Å²) in [6.07, 6.45) is 0. The molecule has 0 unspecified atom stereocenters. The number of hydrogen-bond acceptors (Lipinski definition) is 4. The molecule has 0 radical (unpaired) electrons. The van der Waals surface area contributed by atoms with Crippen LogP contribution in [0, 0.1) is 11.6 Å². The van der Waals surface area contributed by atoms with Gasteiger partial charge in [0.15, 0.2) is 11.6 Å². The minimum absolute atomic E-state index is 0.111. The first-order valence-corrected chi connectivity index (χ1v) is 10.6. The number of nitrogens with zero attached hydrogens (tertiary/aromatic N) is 2. The first-order chi connectivity index (χ1) is 16.0. The van der Waals surface area contributed by atoms with Crippen molar-refractivity contribution in [1.82, 2.24) is 9.80 Å². The van der Waals surface area contributed by atoms with E-state index in [-0.39, 0.29) is 23.9 Å².